The van der Waals surface area contributed by atoms with Gasteiger partial charge in [0.25, 0.3) is 0 Å². The van der Waals surface area contributed by atoms with E-state index in [0.717, 1.165) is 10.0 Å². The van der Waals surface area contributed by atoms with Crippen molar-refractivity contribution in [1.82, 2.24) is 4.72 Å². The molecule has 0 spiro atoms. The highest BCUT2D eigenvalue weighted by Gasteiger charge is 2.20. The highest BCUT2D eigenvalue weighted by atomic mass is 79.9. The fourth-order valence-corrected chi connectivity index (χ4v) is 3.93. The van der Waals surface area contributed by atoms with Crippen LogP contribution >= 0.6 is 15.9 Å². The molecule has 5 nitrogen and oxygen atoms in total. The SMILES string of the molecule is COC(=O)c1ccc(S(=O)(=O)NC(C)c2ccccc2Br)cc1. The largest absolute Gasteiger partial charge is 0.465 e. The number of carbonyl (C=O) groups excluding carboxylic acids is 1. The summed E-state index contributed by atoms with van der Waals surface area (Å²) in [5, 5.41) is 0. The summed E-state index contributed by atoms with van der Waals surface area (Å²) in [7, 11) is -2.42. The summed E-state index contributed by atoms with van der Waals surface area (Å²) < 4.78 is 32.9. The highest BCUT2D eigenvalue weighted by Crippen LogP contribution is 2.24. The molecule has 0 aliphatic rings. The number of hydrogen-bond donors (Lipinski definition) is 1. The lowest BCUT2D eigenvalue weighted by Gasteiger charge is -2.16. The Labute approximate surface area is 143 Å². The van der Waals surface area contributed by atoms with Crippen molar-refractivity contribution in [2.75, 3.05) is 7.11 Å². The molecule has 0 aromatic heterocycles. The lowest BCUT2D eigenvalue weighted by molar-refractivity contribution is 0.0600. The smallest absolute Gasteiger partial charge is 0.337 e. The van der Waals surface area contributed by atoms with Crippen molar-refractivity contribution in [3.05, 3.63) is 64.1 Å². The second-order valence-electron chi connectivity index (χ2n) is 4.88. The Morgan fingerprint density at radius 2 is 1.74 bits per heavy atom. The Morgan fingerprint density at radius 1 is 1.13 bits per heavy atom. The maximum absolute atomic E-state index is 12.4. The van der Waals surface area contributed by atoms with Crippen molar-refractivity contribution < 1.29 is 17.9 Å². The molecule has 0 fully saturated rings. The van der Waals surface area contributed by atoms with E-state index in [1.807, 2.05) is 24.3 Å². The molecule has 2 rings (SSSR count). The van der Waals surface area contributed by atoms with Gasteiger partial charge in [-0.2, -0.15) is 0 Å². The average molecular weight is 398 g/mol. The number of nitrogens with one attached hydrogen (secondary N) is 1. The molecule has 0 saturated carbocycles. The van der Waals surface area contributed by atoms with Crippen molar-refractivity contribution in [2.24, 2.45) is 0 Å². The number of halogens is 1. The van der Waals surface area contributed by atoms with Crippen molar-refractivity contribution in [3.63, 3.8) is 0 Å². The van der Waals surface area contributed by atoms with Crippen LogP contribution in [0.5, 0.6) is 0 Å². The van der Waals surface area contributed by atoms with Crippen LogP contribution in [0, 0.1) is 0 Å². The first-order chi connectivity index (χ1) is 10.8. The van der Waals surface area contributed by atoms with Gasteiger partial charge in [0, 0.05) is 10.5 Å². The third-order valence-electron chi connectivity index (χ3n) is 3.29. The predicted molar refractivity (Wildman–Crippen MR) is 90.7 cm³/mol. The molecular weight excluding hydrogens is 382 g/mol. The van der Waals surface area contributed by atoms with Gasteiger partial charge < -0.3 is 4.74 Å². The first kappa shape index (κ1) is 17.7. The van der Waals surface area contributed by atoms with Crippen LogP contribution < -0.4 is 4.72 Å². The molecule has 0 radical (unpaired) electrons. The summed E-state index contributed by atoms with van der Waals surface area (Å²) in [5.41, 5.74) is 1.13. The van der Waals surface area contributed by atoms with Gasteiger partial charge >= 0.3 is 5.97 Å². The van der Waals surface area contributed by atoms with E-state index in [2.05, 4.69) is 25.4 Å². The van der Waals surface area contributed by atoms with Gasteiger partial charge in [-0.25, -0.2) is 17.9 Å². The molecule has 7 heteroatoms. The molecule has 0 aliphatic heterocycles. The zero-order chi connectivity index (χ0) is 17.0. The number of hydrogen-bond acceptors (Lipinski definition) is 4. The molecule has 1 unspecified atom stereocenters. The number of carbonyl (C=O) groups is 1. The fraction of sp³-hybridized carbons (Fsp3) is 0.188. The number of methoxy groups -OCH3 is 1. The molecule has 0 heterocycles. The van der Waals surface area contributed by atoms with E-state index in [9.17, 15) is 13.2 Å². The molecule has 0 amide bonds. The number of rotatable bonds is 5. The minimum Gasteiger partial charge on any atom is -0.465 e. The lowest BCUT2D eigenvalue weighted by Crippen LogP contribution is -2.27. The molecule has 2 aromatic rings. The van der Waals surface area contributed by atoms with Gasteiger partial charge in [0.2, 0.25) is 10.0 Å². The van der Waals surface area contributed by atoms with E-state index in [1.54, 1.807) is 6.92 Å². The van der Waals surface area contributed by atoms with E-state index in [0.29, 0.717) is 5.56 Å². The second kappa shape index (κ2) is 7.25. The summed E-state index contributed by atoms with van der Waals surface area (Å²) in [6, 6.07) is 12.6. The van der Waals surface area contributed by atoms with Crippen LogP contribution in [0.3, 0.4) is 0 Å². The van der Waals surface area contributed by atoms with Gasteiger partial charge in [-0.15, -0.1) is 0 Å². The third-order valence-corrected chi connectivity index (χ3v) is 5.57. The van der Waals surface area contributed by atoms with Crippen LogP contribution in [-0.2, 0) is 14.8 Å². The van der Waals surface area contributed by atoms with E-state index < -0.39 is 22.0 Å². The van der Waals surface area contributed by atoms with Crippen LogP contribution in [0.4, 0.5) is 0 Å². The third kappa shape index (κ3) is 4.19. The molecule has 1 atom stereocenters. The first-order valence-electron chi connectivity index (χ1n) is 6.80. The zero-order valence-corrected chi connectivity index (χ0v) is 15.0. The topological polar surface area (TPSA) is 72.5 Å². The number of ether oxygens (including phenoxy) is 1. The minimum atomic E-state index is -3.70. The summed E-state index contributed by atoms with van der Waals surface area (Å²) in [4.78, 5) is 11.5. The van der Waals surface area contributed by atoms with Gasteiger partial charge in [0.05, 0.1) is 17.6 Å². The maximum atomic E-state index is 12.4. The molecule has 2 aromatic carbocycles. The van der Waals surface area contributed by atoms with Crippen molar-refractivity contribution in [2.45, 2.75) is 17.9 Å². The predicted octanol–water partition coefficient (Wildman–Crippen LogP) is 3.28. The fourth-order valence-electron chi connectivity index (χ4n) is 2.08. The Morgan fingerprint density at radius 3 is 2.30 bits per heavy atom. The average Bonchev–Trinajstić information content (AvgIpc) is 2.54. The van der Waals surface area contributed by atoms with Gasteiger partial charge in [0.1, 0.15) is 0 Å². The van der Waals surface area contributed by atoms with E-state index in [-0.39, 0.29) is 4.90 Å². The van der Waals surface area contributed by atoms with E-state index in [1.165, 1.54) is 31.4 Å². The molecule has 0 aliphatic carbocycles. The van der Waals surface area contributed by atoms with Crippen LogP contribution in [-0.4, -0.2) is 21.5 Å². The molecule has 0 bridgehead atoms. The van der Waals surface area contributed by atoms with Gasteiger partial charge in [-0.1, -0.05) is 34.1 Å². The first-order valence-corrected chi connectivity index (χ1v) is 9.08. The number of sulfonamides is 1. The second-order valence-corrected chi connectivity index (χ2v) is 7.45. The van der Waals surface area contributed by atoms with E-state index in [4.69, 9.17) is 0 Å². The number of benzene rings is 2. The van der Waals surface area contributed by atoms with Crippen LogP contribution in [0.1, 0.15) is 28.9 Å². The molecule has 122 valence electrons. The number of esters is 1. The summed E-state index contributed by atoms with van der Waals surface area (Å²) in [5.74, 6) is -0.511. The van der Waals surface area contributed by atoms with Crippen molar-refractivity contribution in [3.8, 4) is 0 Å². The highest BCUT2D eigenvalue weighted by molar-refractivity contribution is 9.10. The lowest BCUT2D eigenvalue weighted by atomic mass is 10.1. The van der Waals surface area contributed by atoms with Gasteiger partial charge in [-0.3, -0.25) is 0 Å². The summed E-state index contributed by atoms with van der Waals surface area (Å²) in [6.45, 7) is 1.76. The minimum absolute atomic E-state index is 0.0871. The Bertz CT molecular complexity index is 803. The van der Waals surface area contributed by atoms with Crippen molar-refractivity contribution >= 4 is 31.9 Å². The van der Waals surface area contributed by atoms with Gasteiger partial charge in [0.15, 0.2) is 0 Å². The van der Waals surface area contributed by atoms with Crippen LogP contribution in [0.2, 0.25) is 0 Å². The Balaban J connectivity index is 2.22. The summed E-state index contributed by atoms with van der Waals surface area (Å²) >= 11 is 3.41. The molecule has 0 saturated heterocycles. The summed E-state index contributed by atoms with van der Waals surface area (Å²) in [6.07, 6.45) is 0. The quantitative estimate of drug-likeness (QED) is 0.785. The maximum Gasteiger partial charge on any atom is 0.337 e. The zero-order valence-electron chi connectivity index (χ0n) is 12.6. The van der Waals surface area contributed by atoms with Crippen LogP contribution in [0.25, 0.3) is 0 Å². The normalized spacial score (nSPS) is 12.7. The molecular formula is C16H16BrNO4S. The van der Waals surface area contributed by atoms with Gasteiger partial charge in [-0.05, 0) is 42.8 Å². The van der Waals surface area contributed by atoms with Crippen LogP contribution in [0.15, 0.2) is 57.9 Å². The van der Waals surface area contributed by atoms with Crippen molar-refractivity contribution in [1.29, 1.82) is 0 Å². The van der Waals surface area contributed by atoms with E-state index >= 15 is 0 Å². The monoisotopic (exact) mass is 397 g/mol. The Hall–Kier alpha value is -1.70. The molecule has 23 heavy (non-hydrogen) atoms. The Kier molecular flexibility index (Phi) is 5.56. The standard InChI is InChI=1S/C16H16BrNO4S/c1-11(14-5-3-4-6-15(14)17)18-23(20,21)13-9-7-12(8-10-13)16(19)22-2/h3-11,18H,1-2H3. The molecule has 1 N–H and O–H groups in total.